The number of hydrogen-bond acceptors (Lipinski definition) is 4. The minimum absolute atomic E-state index is 0.406. The summed E-state index contributed by atoms with van der Waals surface area (Å²) in [5.74, 6) is 0.558. The summed E-state index contributed by atoms with van der Waals surface area (Å²) in [6, 6.07) is 10.0. The van der Waals surface area contributed by atoms with Gasteiger partial charge in [-0.05, 0) is 55.2 Å². The molecule has 1 aliphatic rings. The summed E-state index contributed by atoms with van der Waals surface area (Å²) in [6.45, 7) is 8.43. The monoisotopic (exact) mass is 312 g/mol. The zero-order chi connectivity index (χ0) is 15.5. The van der Waals surface area contributed by atoms with E-state index in [1.165, 1.54) is 11.1 Å². The summed E-state index contributed by atoms with van der Waals surface area (Å²) in [5, 5.41) is 13.4. The van der Waals surface area contributed by atoms with Crippen molar-refractivity contribution in [1.29, 1.82) is 0 Å². The van der Waals surface area contributed by atoms with Crippen molar-refractivity contribution in [3.8, 4) is 5.69 Å². The van der Waals surface area contributed by atoms with Gasteiger partial charge in [-0.1, -0.05) is 53.8 Å². The van der Waals surface area contributed by atoms with Crippen molar-refractivity contribution in [2.24, 2.45) is 5.92 Å². The van der Waals surface area contributed by atoms with Crippen molar-refractivity contribution in [1.82, 2.24) is 20.2 Å². The van der Waals surface area contributed by atoms with Crippen LogP contribution in [0.2, 0.25) is 0 Å². The Balaban J connectivity index is 1.82. The van der Waals surface area contributed by atoms with E-state index in [4.69, 9.17) is 0 Å². The average molecular weight is 312 g/mol. The second-order valence-corrected chi connectivity index (χ2v) is 6.95. The summed E-state index contributed by atoms with van der Waals surface area (Å²) in [5.41, 5.74) is 3.66. The molecule has 1 aromatic carbocycles. The average Bonchev–Trinajstić information content (AvgIpc) is 2.98. The second kappa shape index (κ2) is 6.48. The van der Waals surface area contributed by atoms with Crippen LogP contribution in [0, 0.1) is 5.92 Å². The number of aromatic nitrogens is 4. The first kappa shape index (κ1) is 15.0. The molecule has 0 saturated heterocycles. The Morgan fingerprint density at radius 3 is 2.82 bits per heavy atom. The first-order valence-corrected chi connectivity index (χ1v) is 8.35. The van der Waals surface area contributed by atoms with Gasteiger partial charge in [0.2, 0.25) is 5.16 Å². The van der Waals surface area contributed by atoms with Crippen LogP contribution in [0.15, 0.2) is 59.3 Å². The van der Waals surface area contributed by atoms with Gasteiger partial charge in [-0.15, -0.1) is 5.10 Å². The SMILES string of the molecule is C=C(C)C1CC=C(C)C(Sc2nnnn2-c2ccccc2)C1. The Labute approximate surface area is 135 Å². The summed E-state index contributed by atoms with van der Waals surface area (Å²) in [7, 11) is 0. The van der Waals surface area contributed by atoms with Crippen LogP contribution in [-0.4, -0.2) is 25.5 Å². The molecule has 114 valence electrons. The van der Waals surface area contributed by atoms with Crippen LogP contribution >= 0.6 is 11.8 Å². The maximum atomic E-state index is 4.21. The lowest BCUT2D eigenvalue weighted by Gasteiger charge is -2.28. The van der Waals surface area contributed by atoms with Crippen LogP contribution in [0.4, 0.5) is 0 Å². The van der Waals surface area contributed by atoms with Gasteiger partial charge in [0.05, 0.1) is 5.69 Å². The number of para-hydroxylation sites is 1. The molecule has 2 atom stereocenters. The molecule has 0 bridgehead atoms. The minimum atomic E-state index is 0.406. The van der Waals surface area contributed by atoms with Gasteiger partial charge in [-0.25, -0.2) is 0 Å². The lowest BCUT2D eigenvalue weighted by molar-refractivity contribution is 0.547. The summed E-state index contributed by atoms with van der Waals surface area (Å²) in [4.78, 5) is 0. The first-order valence-electron chi connectivity index (χ1n) is 7.47. The summed E-state index contributed by atoms with van der Waals surface area (Å²) in [6.07, 6.45) is 4.53. The third-order valence-corrected chi connectivity index (χ3v) is 5.43. The number of allylic oxidation sites excluding steroid dienone is 2. The predicted octanol–water partition coefficient (Wildman–Crippen LogP) is 4.06. The van der Waals surface area contributed by atoms with E-state index in [1.54, 1.807) is 11.8 Å². The summed E-state index contributed by atoms with van der Waals surface area (Å²) < 4.78 is 1.81. The zero-order valence-corrected chi connectivity index (χ0v) is 13.8. The van der Waals surface area contributed by atoms with E-state index >= 15 is 0 Å². The van der Waals surface area contributed by atoms with Crippen LogP contribution in [-0.2, 0) is 0 Å². The molecule has 22 heavy (non-hydrogen) atoms. The molecule has 1 aliphatic carbocycles. The van der Waals surface area contributed by atoms with Gasteiger partial charge < -0.3 is 0 Å². The van der Waals surface area contributed by atoms with Crippen LogP contribution in [0.1, 0.15) is 26.7 Å². The molecule has 0 amide bonds. The van der Waals surface area contributed by atoms with Crippen molar-refractivity contribution in [3.05, 3.63) is 54.1 Å². The number of benzene rings is 1. The molecule has 0 saturated carbocycles. The molecule has 0 aliphatic heterocycles. The second-order valence-electron chi connectivity index (χ2n) is 5.78. The maximum absolute atomic E-state index is 4.21. The van der Waals surface area contributed by atoms with E-state index in [2.05, 4.69) is 42.0 Å². The standard InChI is InChI=1S/C17H20N4S/c1-12(2)14-10-9-13(3)16(11-14)22-17-18-19-20-21(17)15-7-5-4-6-8-15/h4-9,14,16H,1,10-11H2,2-3H3. The molecule has 2 unspecified atom stereocenters. The number of nitrogens with zero attached hydrogens (tertiary/aromatic N) is 4. The highest BCUT2D eigenvalue weighted by Gasteiger charge is 2.25. The number of rotatable bonds is 4. The fourth-order valence-electron chi connectivity index (χ4n) is 2.65. The van der Waals surface area contributed by atoms with Gasteiger partial charge in [0.15, 0.2) is 0 Å². The van der Waals surface area contributed by atoms with E-state index in [9.17, 15) is 0 Å². The van der Waals surface area contributed by atoms with Gasteiger partial charge in [0.25, 0.3) is 0 Å². The zero-order valence-electron chi connectivity index (χ0n) is 12.9. The Bertz CT molecular complexity index is 690. The van der Waals surface area contributed by atoms with E-state index in [-0.39, 0.29) is 0 Å². The van der Waals surface area contributed by atoms with E-state index in [1.807, 2.05) is 35.0 Å². The normalized spacial score (nSPS) is 21.5. The fraction of sp³-hybridized carbons (Fsp3) is 0.353. The molecule has 5 heteroatoms. The molecule has 1 heterocycles. The van der Waals surface area contributed by atoms with Crippen molar-refractivity contribution in [2.75, 3.05) is 0 Å². The molecule has 2 aromatic rings. The molecule has 3 rings (SSSR count). The van der Waals surface area contributed by atoms with Gasteiger partial charge in [0, 0.05) is 5.25 Å². The smallest absolute Gasteiger partial charge is 0.187 e. The van der Waals surface area contributed by atoms with Gasteiger partial charge >= 0.3 is 0 Å². The molecule has 0 fully saturated rings. The van der Waals surface area contributed by atoms with E-state index in [0.717, 1.165) is 23.7 Å². The molecule has 1 aromatic heterocycles. The lowest BCUT2D eigenvalue weighted by Crippen LogP contribution is -2.18. The number of tetrazole rings is 1. The molecular weight excluding hydrogens is 292 g/mol. The van der Waals surface area contributed by atoms with Crippen molar-refractivity contribution < 1.29 is 0 Å². The Kier molecular flexibility index (Phi) is 4.43. The molecule has 0 N–H and O–H groups in total. The van der Waals surface area contributed by atoms with Crippen molar-refractivity contribution in [3.63, 3.8) is 0 Å². The van der Waals surface area contributed by atoms with Crippen LogP contribution in [0.25, 0.3) is 5.69 Å². The lowest BCUT2D eigenvalue weighted by atomic mass is 9.86. The van der Waals surface area contributed by atoms with Gasteiger partial charge in [0.1, 0.15) is 0 Å². The third kappa shape index (κ3) is 3.14. The molecule has 0 spiro atoms. The van der Waals surface area contributed by atoms with Crippen molar-refractivity contribution >= 4 is 11.8 Å². The Morgan fingerprint density at radius 1 is 1.32 bits per heavy atom. The van der Waals surface area contributed by atoms with Crippen LogP contribution < -0.4 is 0 Å². The van der Waals surface area contributed by atoms with Crippen LogP contribution in [0.3, 0.4) is 0 Å². The highest BCUT2D eigenvalue weighted by Crippen LogP contribution is 2.38. The predicted molar refractivity (Wildman–Crippen MR) is 90.1 cm³/mol. The quantitative estimate of drug-likeness (QED) is 0.799. The highest BCUT2D eigenvalue weighted by molar-refractivity contribution is 8.00. The number of hydrogen-bond donors (Lipinski definition) is 0. The van der Waals surface area contributed by atoms with Crippen LogP contribution in [0.5, 0.6) is 0 Å². The van der Waals surface area contributed by atoms with E-state index < -0.39 is 0 Å². The third-order valence-electron chi connectivity index (χ3n) is 4.12. The van der Waals surface area contributed by atoms with Gasteiger partial charge in [-0.3, -0.25) is 0 Å². The minimum Gasteiger partial charge on any atom is -0.187 e. The Hall–Kier alpha value is -1.88. The highest BCUT2D eigenvalue weighted by atomic mass is 32.2. The topological polar surface area (TPSA) is 43.6 Å². The summed E-state index contributed by atoms with van der Waals surface area (Å²) >= 11 is 1.74. The van der Waals surface area contributed by atoms with Gasteiger partial charge in [-0.2, -0.15) is 4.68 Å². The number of thioether (sulfide) groups is 1. The van der Waals surface area contributed by atoms with E-state index in [0.29, 0.717) is 11.2 Å². The molecular formula is C17H20N4S. The maximum Gasteiger partial charge on any atom is 0.214 e. The molecule has 4 nitrogen and oxygen atoms in total. The first-order chi connectivity index (χ1) is 10.6. The largest absolute Gasteiger partial charge is 0.214 e. The molecule has 0 radical (unpaired) electrons. The van der Waals surface area contributed by atoms with Crippen molar-refractivity contribution in [2.45, 2.75) is 37.1 Å². The fourth-order valence-corrected chi connectivity index (χ4v) is 3.84. The Morgan fingerprint density at radius 2 is 2.09 bits per heavy atom.